The first kappa shape index (κ1) is 14.0. The van der Waals surface area contributed by atoms with Gasteiger partial charge in [0.25, 0.3) is 0 Å². The van der Waals surface area contributed by atoms with Gasteiger partial charge in [0.05, 0.1) is 35.0 Å². The van der Waals surface area contributed by atoms with Crippen molar-refractivity contribution in [1.29, 1.82) is 0 Å². The first-order chi connectivity index (χ1) is 9.41. The predicted octanol–water partition coefficient (Wildman–Crippen LogP) is 1.27. The van der Waals surface area contributed by atoms with Crippen LogP contribution in [0.25, 0.3) is 0 Å². The normalized spacial score (nSPS) is 29.0. The molecule has 0 radical (unpaired) electrons. The molecule has 1 atom stereocenters. The molecule has 0 amide bonds. The first-order valence-electron chi connectivity index (χ1n) is 6.29. The van der Waals surface area contributed by atoms with Crippen LogP contribution in [-0.2, 0) is 14.6 Å². The number of nitrogens with zero attached hydrogens (tertiary/aromatic N) is 2. The second-order valence-corrected chi connectivity index (χ2v) is 7.84. The lowest BCUT2D eigenvalue weighted by Crippen LogP contribution is -2.53. The van der Waals surface area contributed by atoms with Gasteiger partial charge >= 0.3 is 0 Å². The van der Waals surface area contributed by atoms with Crippen LogP contribution in [0, 0.1) is 5.82 Å². The minimum Gasteiger partial charge on any atom is -0.370 e. The molecule has 2 fully saturated rings. The van der Waals surface area contributed by atoms with Gasteiger partial charge in [-0.3, -0.25) is 4.98 Å². The number of anilines is 1. The van der Waals surface area contributed by atoms with Gasteiger partial charge in [-0.2, -0.15) is 0 Å². The Bertz CT molecular complexity index is 619. The molecule has 2 aliphatic rings. The van der Waals surface area contributed by atoms with Crippen molar-refractivity contribution in [3.05, 3.63) is 23.2 Å². The summed E-state index contributed by atoms with van der Waals surface area (Å²) >= 11 is 6.01. The van der Waals surface area contributed by atoms with Gasteiger partial charge in [-0.25, -0.2) is 12.8 Å². The Balaban J connectivity index is 1.90. The number of pyridine rings is 1. The van der Waals surface area contributed by atoms with E-state index in [0.717, 1.165) is 6.20 Å². The van der Waals surface area contributed by atoms with Gasteiger partial charge in [0.2, 0.25) is 0 Å². The van der Waals surface area contributed by atoms with E-state index in [1.54, 1.807) is 4.90 Å². The van der Waals surface area contributed by atoms with Crippen LogP contribution in [0.15, 0.2) is 12.4 Å². The van der Waals surface area contributed by atoms with E-state index in [4.69, 9.17) is 16.3 Å². The molecule has 0 N–H and O–H groups in total. The van der Waals surface area contributed by atoms with Gasteiger partial charge in [-0.1, -0.05) is 11.6 Å². The van der Waals surface area contributed by atoms with Crippen LogP contribution < -0.4 is 4.90 Å². The second-order valence-electron chi connectivity index (χ2n) is 5.25. The van der Waals surface area contributed by atoms with Crippen molar-refractivity contribution in [3.8, 4) is 0 Å². The summed E-state index contributed by atoms with van der Waals surface area (Å²) in [6, 6.07) is 0. The number of hydrogen-bond donors (Lipinski definition) is 0. The molecule has 20 heavy (non-hydrogen) atoms. The summed E-state index contributed by atoms with van der Waals surface area (Å²) in [5.41, 5.74) is -0.468. The van der Waals surface area contributed by atoms with Crippen molar-refractivity contribution in [2.75, 3.05) is 36.1 Å². The molecular formula is C12H14ClFN2O3S. The number of rotatable bonds is 1. The largest absolute Gasteiger partial charge is 0.370 e. The Morgan fingerprint density at radius 1 is 1.45 bits per heavy atom. The zero-order chi connectivity index (χ0) is 14.4. The summed E-state index contributed by atoms with van der Waals surface area (Å²) in [4.78, 5) is 5.44. The topological polar surface area (TPSA) is 59.5 Å². The van der Waals surface area contributed by atoms with E-state index < -0.39 is 21.3 Å². The fraction of sp³-hybridized carbons (Fsp3) is 0.583. The molecule has 110 valence electrons. The van der Waals surface area contributed by atoms with Crippen LogP contribution in [0.3, 0.4) is 0 Å². The van der Waals surface area contributed by atoms with Crippen molar-refractivity contribution in [3.63, 3.8) is 0 Å². The molecule has 8 heteroatoms. The molecule has 1 aromatic heterocycles. The van der Waals surface area contributed by atoms with E-state index in [9.17, 15) is 12.8 Å². The quantitative estimate of drug-likeness (QED) is 0.780. The van der Waals surface area contributed by atoms with Crippen LogP contribution in [-0.4, -0.2) is 50.2 Å². The van der Waals surface area contributed by atoms with Crippen molar-refractivity contribution >= 4 is 27.1 Å². The molecule has 1 aromatic rings. The fourth-order valence-corrected chi connectivity index (χ4v) is 5.08. The van der Waals surface area contributed by atoms with Crippen molar-refractivity contribution in [2.45, 2.75) is 12.0 Å². The lowest BCUT2D eigenvalue weighted by molar-refractivity contribution is -0.0361. The van der Waals surface area contributed by atoms with Crippen molar-refractivity contribution in [2.24, 2.45) is 0 Å². The average Bonchev–Trinajstić information content (AvgIpc) is 2.64. The second kappa shape index (κ2) is 4.82. The summed E-state index contributed by atoms with van der Waals surface area (Å²) in [5, 5.41) is 0.225. The highest BCUT2D eigenvalue weighted by Crippen LogP contribution is 2.35. The third kappa shape index (κ3) is 2.49. The highest BCUT2D eigenvalue weighted by atomic mass is 35.5. The van der Waals surface area contributed by atoms with Gasteiger partial charge in [0, 0.05) is 19.3 Å². The monoisotopic (exact) mass is 320 g/mol. The zero-order valence-corrected chi connectivity index (χ0v) is 12.3. The number of ether oxygens (including phenoxy) is 1. The van der Waals surface area contributed by atoms with Gasteiger partial charge in [0.1, 0.15) is 5.60 Å². The number of hydrogen-bond acceptors (Lipinski definition) is 5. The van der Waals surface area contributed by atoms with Crippen LogP contribution in [0.2, 0.25) is 5.02 Å². The highest BCUT2D eigenvalue weighted by Gasteiger charge is 2.46. The lowest BCUT2D eigenvalue weighted by atomic mass is 10.0. The van der Waals surface area contributed by atoms with E-state index in [1.807, 2.05) is 0 Å². The summed E-state index contributed by atoms with van der Waals surface area (Å²) in [6.45, 7) is 1.16. The average molecular weight is 321 g/mol. The van der Waals surface area contributed by atoms with E-state index in [0.29, 0.717) is 26.1 Å². The third-order valence-electron chi connectivity index (χ3n) is 3.74. The molecule has 0 aliphatic carbocycles. The molecule has 1 unspecified atom stereocenters. The molecule has 2 aliphatic heterocycles. The molecule has 0 saturated carbocycles. The maximum absolute atomic E-state index is 13.9. The maximum Gasteiger partial charge on any atom is 0.166 e. The lowest BCUT2D eigenvalue weighted by Gasteiger charge is -2.41. The number of sulfone groups is 1. The summed E-state index contributed by atoms with van der Waals surface area (Å²) in [5.74, 6) is -0.399. The van der Waals surface area contributed by atoms with Gasteiger partial charge in [-0.15, -0.1) is 0 Å². The minimum atomic E-state index is -3.07. The van der Waals surface area contributed by atoms with Crippen molar-refractivity contribution in [1.82, 2.24) is 4.98 Å². The molecular weight excluding hydrogens is 307 g/mol. The molecule has 0 aromatic carbocycles. The van der Waals surface area contributed by atoms with E-state index >= 15 is 0 Å². The molecule has 2 saturated heterocycles. The maximum atomic E-state index is 13.9. The smallest absolute Gasteiger partial charge is 0.166 e. The van der Waals surface area contributed by atoms with Crippen LogP contribution in [0.1, 0.15) is 6.42 Å². The predicted molar refractivity (Wildman–Crippen MR) is 73.4 cm³/mol. The van der Waals surface area contributed by atoms with E-state index in [2.05, 4.69) is 4.98 Å². The van der Waals surface area contributed by atoms with Gasteiger partial charge in [-0.05, 0) is 6.42 Å². The standard InChI is InChI=1S/C12H14ClFN2O3S/c13-9-5-15-6-10(14)11(9)16-2-3-19-12(7-16)1-4-20(17,18)8-12/h5-6H,1-4,7-8H2. The molecule has 5 nitrogen and oxygen atoms in total. The first-order valence-corrected chi connectivity index (χ1v) is 8.49. The molecule has 3 heterocycles. The number of halogens is 2. The van der Waals surface area contributed by atoms with Gasteiger partial charge in [0.15, 0.2) is 15.7 Å². The van der Waals surface area contributed by atoms with Crippen LogP contribution >= 0.6 is 11.6 Å². The zero-order valence-electron chi connectivity index (χ0n) is 10.7. The van der Waals surface area contributed by atoms with E-state index in [1.165, 1.54) is 6.20 Å². The van der Waals surface area contributed by atoms with E-state index in [-0.39, 0.29) is 22.2 Å². The van der Waals surface area contributed by atoms with Gasteiger partial charge < -0.3 is 9.64 Å². The molecule has 3 rings (SSSR count). The minimum absolute atomic E-state index is 0.0131. The van der Waals surface area contributed by atoms with Crippen LogP contribution in [0.4, 0.5) is 10.1 Å². The fourth-order valence-electron chi connectivity index (χ4n) is 2.87. The number of aromatic nitrogens is 1. The van der Waals surface area contributed by atoms with Crippen LogP contribution in [0.5, 0.6) is 0 Å². The highest BCUT2D eigenvalue weighted by molar-refractivity contribution is 7.91. The SMILES string of the molecule is O=S1(=O)CCC2(CN(c3c(F)cncc3Cl)CCO2)C1. The number of morpholine rings is 1. The molecule has 0 bridgehead atoms. The Labute approximate surface area is 121 Å². The Morgan fingerprint density at radius 3 is 2.90 bits per heavy atom. The molecule has 1 spiro atoms. The Kier molecular flexibility index (Phi) is 3.38. The Hall–Kier alpha value is -0.920. The summed E-state index contributed by atoms with van der Waals surface area (Å²) in [6.07, 6.45) is 2.93. The van der Waals surface area contributed by atoms with Crippen molar-refractivity contribution < 1.29 is 17.5 Å². The third-order valence-corrected chi connectivity index (χ3v) is 5.81. The summed E-state index contributed by atoms with van der Waals surface area (Å²) < 4.78 is 43.0. The summed E-state index contributed by atoms with van der Waals surface area (Å²) in [7, 11) is -3.07. The Morgan fingerprint density at radius 2 is 2.25 bits per heavy atom.